The van der Waals surface area contributed by atoms with E-state index in [1.165, 1.54) is 12.8 Å². The van der Waals surface area contributed by atoms with Crippen molar-refractivity contribution in [2.24, 2.45) is 5.92 Å². The second kappa shape index (κ2) is 6.88. The molecule has 3 nitrogen and oxygen atoms in total. The Morgan fingerprint density at radius 2 is 1.63 bits per heavy atom. The van der Waals surface area contributed by atoms with Crippen molar-refractivity contribution in [2.45, 2.75) is 26.7 Å². The van der Waals surface area contributed by atoms with Gasteiger partial charge in [0.05, 0.1) is 18.1 Å². The normalized spacial score (nSPS) is 10.7. The number of hydrogen-bond acceptors (Lipinski definition) is 3. The lowest BCUT2D eigenvalue weighted by Gasteiger charge is -2.13. The van der Waals surface area contributed by atoms with Gasteiger partial charge >= 0.3 is 0 Å². The molecule has 0 aliphatic carbocycles. The van der Waals surface area contributed by atoms with Gasteiger partial charge in [-0.25, -0.2) is 9.97 Å². The van der Waals surface area contributed by atoms with Gasteiger partial charge in [0.25, 0.3) is 0 Å². The first kappa shape index (κ1) is 13.5. The van der Waals surface area contributed by atoms with E-state index in [1.807, 2.05) is 42.7 Å². The fourth-order valence-corrected chi connectivity index (χ4v) is 2.00. The van der Waals surface area contributed by atoms with Gasteiger partial charge in [-0.3, -0.25) is 0 Å². The second-order valence-corrected chi connectivity index (χ2v) is 4.72. The summed E-state index contributed by atoms with van der Waals surface area (Å²) in [5.41, 5.74) is 2.04. The van der Waals surface area contributed by atoms with Crippen molar-refractivity contribution in [1.82, 2.24) is 9.97 Å². The van der Waals surface area contributed by atoms with Gasteiger partial charge in [-0.15, -0.1) is 0 Å². The SMILES string of the molecule is CCC(CC)CNc1cnc(-c2ccccc2)nc1. The Balaban J connectivity index is 1.99. The average molecular weight is 255 g/mol. The van der Waals surface area contributed by atoms with E-state index in [0.29, 0.717) is 5.92 Å². The minimum atomic E-state index is 0.716. The largest absolute Gasteiger partial charge is 0.382 e. The van der Waals surface area contributed by atoms with Crippen molar-refractivity contribution in [3.8, 4) is 11.4 Å². The van der Waals surface area contributed by atoms with Crippen LogP contribution in [0.4, 0.5) is 5.69 Å². The van der Waals surface area contributed by atoms with Gasteiger partial charge in [-0.1, -0.05) is 57.0 Å². The molecule has 3 heteroatoms. The maximum atomic E-state index is 4.40. The Labute approximate surface area is 115 Å². The summed E-state index contributed by atoms with van der Waals surface area (Å²) in [6.45, 7) is 5.44. The summed E-state index contributed by atoms with van der Waals surface area (Å²) < 4.78 is 0. The molecule has 2 rings (SSSR count). The summed E-state index contributed by atoms with van der Waals surface area (Å²) in [6.07, 6.45) is 6.12. The third-order valence-corrected chi connectivity index (χ3v) is 3.43. The smallest absolute Gasteiger partial charge is 0.159 e. The molecule has 0 atom stereocenters. The van der Waals surface area contributed by atoms with Gasteiger partial charge in [-0.05, 0) is 5.92 Å². The quantitative estimate of drug-likeness (QED) is 0.848. The van der Waals surface area contributed by atoms with Crippen LogP contribution in [0.25, 0.3) is 11.4 Å². The summed E-state index contributed by atoms with van der Waals surface area (Å²) in [4.78, 5) is 8.81. The first-order valence-electron chi connectivity index (χ1n) is 6.94. The molecule has 0 radical (unpaired) electrons. The van der Waals surface area contributed by atoms with Crippen molar-refractivity contribution in [3.05, 3.63) is 42.7 Å². The van der Waals surface area contributed by atoms with E-state index in [0.717, 1.165) is 23.6 Å². The number of anilines is 1. The molecule has 1 aromatic heterocycles. The second-order valence-electron chi connectivity index (χ2n) is 4.72. The van der Waals surface area contributed by atoms with Gasteiger partial charge in [-0.2, -0.15) is 0 Å². The highest BCUT2D eigenvalue weighted by Crippen LogP contribution is 2.15. The number of hydrogen-bond donors (Lipinski definition) is 1. The zero-order valence-electron chi connectivity index (χ0n) is 11.6. The minimum absolute atomic E-state index is 0.716. The highest BCUT2D eigenvalue weighted by molar-refractivity contribution is 5.55. The number of nitrogens with one attached hydrogen (secondary N) is 1. The van der Waals surface area contributed by atoms with E-state index >= 15 is 0 Å². The maximum absolute atomic E-state index is 4.40. The van der Waals surface area contributed by atoms with Gasteiger partial charge in [0.1, 0.15) is 0 Å². The minimum Gasteiger partial charge on any atom is -0.382 e. The number of aromatic nitrogens is 2. The molecule has 0 saturated heterocycles. The molecule has 0 aliphatic rings. The maximum Gasteiger partial charge on any atom is 0.159 e. The Hall–Kier alpha value is -1.90. The van der Waals surface area contributed by atoms with Crippen LogP contribution in [0.5, 0.6) is 0 Å². The lowest BCUT2D eigenvalue weighted by molar-refractivity contribution is 0.519. The van der Waals surface area contributed by atoms with Crippen molar-refractivity contribution in [3.63, 3.8) is 0 Å². The van der Waals surface area contributed by atoms with E-state index in [1.54, 1.807) is 0 Å². The summed E-state index contributed by atoms with van der Waals surface area (Å²) >= 11 is 0. The average Bonchev–Trinajstić information content (AvgIpc) is 2.50. The monoisotopic (exact) mass is 255 g/mol. The predicted molar refractivity (Wildman–Crippen MR) is 80.0 cm³/mol. The van der Waals surface area contributed by atoms with Crippen LogP contribution in [0.15, 0.2) is 42.7 Å². The van der Waals surface area contributed by atoms with Crippen LogP contribution in [0.2, 0.25) is 0 Å². The van der Waals surface area contributed by atoms with Gasteiger partial charge in [0, 0.05) is 12.1 Å². The van der Waals surface area contributed by atoms with Crippen LogP contribution in [-0.4, -0.2) is 16.5 Å². The molecule has 2 aromatic rings. The van der Waals surface area contributed by atoms with Crippen LogP contribution in [0, 0.1) is 5.92 Å². The lowest BCUT2D eigenvalue weighted by Crippen LogP contribution is -2.13. The van der Waals surface area contributed by atoms with Crippen molar-refractivity contribution >= 4 is 5.69 Å². The van der Waals surface area contributed by atoms with Gasteiger partial charge < -0.3 is 5.32 Å². The van der Waals surface area contributed by atoms with Crippen molar-refractivity contribution in [2.75, 3.05) is 11.9 Å². The first-order valence-corrected chi connectivity index (χ1v) is 6.94. The Kier molecular flexibility index (Phi) is 4.90. The summed E-state index contributed by atoms with van der Waals surface area (Å²) in [5, 5.41) is 3.40. The molecule has 1 aromatic carbocycles. The third-order valence-electron chi connectivity index (χ3n) is 3.43. The highest BCUT2D eigenvalue weighted by Gasteiger charge is 2.04. The standard InChI is InChI=1S/C16H21N3/c1-3-13(4-2)10-17-15-11-18-16(19-12-15)14-8-6-5-7-9-14/h5-9,11-13,17H,3-4,10H2,1-2H3. The Bertz CT molecular complexity index is 475. The van der Waals surface area contributed by atoms with Crippen LogP contribution in [0.1, 0.15) is 26.7 Å². The van der Waals surface area contributed by atoms with Crippen LogP contribution in [0.3, 0.4) is 0 Å². The molecule has 0 aliphatic heterocycles. The van der Waals surface area contributed by atoms with Crippen LogP contribution < -0.4 is 5.32 Å². The Morgan fingerprint density at radius 1 is 1.00 bits per heavy atom. The van der Waals surface area contributed by atoms with E-state index in [9.17, 15) is 0 Å². The third kappa shape index (κ3) is 3.78. The highest BCUT2D eigenvalue weighted by atomic mass is 14.9. The molecule has 19 heavy (non-hydrogen) atoms. The molecule has 0 unspecified atom stereocenters. The number of rotatable bonds is 6. The van der Waals surface area contributed by atoms with Crippen molar-refractivity contribution < 1.29 is 0 Å². The predicted octanol–water partition coefficient (Wildman–Crippen LogP) is 3.99. The molecule has 0 spiro atoms. The number of benzene rings is 1. The Morgan fingerprint density at radius 3 is 2.21 bits per heavy atom. The molecule has 0 fully saturated rings. The molecule has 0 saturated carbocycles. The zero-order chi connectivity index (χ0) is 13.5. The molecule has 1 heterocycles. The molecule has 1 N–H and O–H groups in total. The lowest BCUT2D eigenvalue weighted by atomic mass is 10.0. The summed E-state index contributed by atoms with van der Waals surface area (Å²) in [7, 11) is 0. The van der Waals surface area contributed by atoms with Crippen molar-refractivity contribution in [1.29, 1.82) is 0 Å². The molecule has 100 valence electrons. The van der Waals surface area contributed by atoms with Crippen LogP contribution in [-0.2, 0) is 0 Å². The molecular weight excluding hydrogens is 234 g/mol. The topological polar surface area (TPSA) is 37.8 Å². The molecule has 0 bridgehead atoms. The fourth-order valence-electron chi connectivity index (χ4n) is 2.00. The molecular formula is C16H21N3. The van der Waals surface area contributed by atoms with Gasteiger partial charge in [0.2, 0.25) is 0 Å². The van der Waals surface area contributed by atoms with E-state index < -0.39 is 0 Å². The fraction of sp³-hybridized carbons (Fsp3) is 0.375. The van der Waals surface area contributed by atoms with Crippen LogP contribution >= 0.6 is 0 Å². The van der Waals surface area contributed by atoms with E-state index in [-0.39, 0.29) is 0 Å². The van der Waals surface area contributed by atoms with Gasteiger partial charge in [0.15, 0.2) is 5.82 Å². The van der Waals surface area contributed by atoms with E-state index in [2.05, 4.69) is 29.1 Å². The summed E-state index contributed by atoms with van der Waals surface area (Å²) in [6, 6.07) is 10.0. The van der Waals surface area contributed by atoms with E-state index in [4.69, 9.17) is 0 Å². The first-order chi connectivity index (χ1) is 9.33. The molecule has 0 amide bonds. The number of nitrogens with zero attached hydrogens (tertiary/aromatic N) is 2. The zero-order valence-corrected chi connectivity index (χ0v) is 11.6. The summed E-state index contributed by atoms with van der Waals surface area (Å²) in [5.74, 6) is 1.49.